The Balaban J connectivity index is 2.81. The summed E-state index contributed by atoms with van der Waals surface area (Å²) >= 11 is 0. The molecule has 0 aliphatic heterocycles. The molecule has 1 heterocycles. The summed E-state index contributed by atoms with van der Waals surface area (Å²) in [4.78, 5) is 0. The molecule has 5 heteroatoms. The van der Waals surface area contributed by atoms with Crippen LogP contribution < -0.4 is 4.57 Å². The SMILES string of the molecule is CCC(C)c1cc[n+](CS(=O)(=O)[O-])cc1. The topological polar surface area (TPSA) is 61.1 Å². The van der Waals surface area contributed by atoms with Crippen molar-refractivity contribution in [3.8, 4) is 0 Å². The average molecular weight is 229 g/mol. The fourth-order valence-corrected chi connectivity index (χ4v) is 1.84. The molecule has 0 saturated carbocycles. The molecule has 15 heavy (non-hydrogen) atoms. The minimum absolute atomic E-state index is 0.448. The standard InChI is InChI=1S/C10H15NO3S/c1-3-9(2)10-4-6-11(7-5-10)8-15(12,13)14/h4-7,9H,3,8H2,1-2H3. The van der Waals surface area contributed by atoms with Gasteiger partial charge >= 0.3 is 0 Å². The van der Waals surface area contributed by atoms with E-state index >= 15 is 0 Å². The van der Waals surface area contributed by atoms with Crippen molar-refractivity contribution in [2.24, 2.45) is 0 Å². The van der Waals surface area contributed by atoms with E-state index in [1.807, 2.05) is 12.1 Å². The molecule has 84 valence electrons. The molecule has 0 saturated heterocycles. The van der Waals surface area contributed by atoms with E-state index in [1.54, 1.807) is 12.4 Å². The first-order valence-electron chi connectivity index (χ1n) is 4.85. The molecule has 0 bridgehead atoms. The third kappa shape index (κ3) is 3.97. The summed E-state index contributed by atoms with van der Waals surface area (Å²) in [5, 5.41) is 0. The molecule has 0 aliphatic rings. The molecule has 0 aromatic carbocycles. The van der Waals surface area contributed by atoms with E-state index in [0.717, 1.165) is 12.0 Å². The number of rotatable bonds is 4. The van der Waals surface area contributed by atoms with E-state index in [-0.39, 0.29) is 0 Å². The van der Waals surface area contributed by atoms with Crippen LogP contribution in [0.4, 0.5) is 0 Å². The van der Waals surface area contributed by atoms with Crippen molar-refractivity contribution >= 4 is 10.1 Å². The van der Waals surface area contributed by atoms with Crippen LogP contribution in [0.2, 0.25) is 0 Å². The second kappa shape index (κ2) is 4.72. The van der Waals surface area contributed by atoms with Gasteiger partial charge in [0.25, 0.3) is 0 Å². The summed E-state index contributed by atoms with van der Waals surface area (Å²) in [6.45, 7) is 4.19. The summed E-state index contributed by atoms with van der Waals surface area (Å²) in [6.07, 6.45) is 4.28. The van der Waals surface area contributed by atoms with E-state index in [0.29, 0.717) is 5.92 Å². The van der Waals surface area contributed by atoms with E-state index in [4.69, 9.17) is 0 Å². The van der Waals surface area contributed by atoms with Crippen LogP contribution in [0, 0.1) is 0 Å². The second-order valence-corrected chi connectivity index (χ2v) is 5.02. The smallest absolute Gasteiger partial charge is 0.236 e. The fraction of sp³-hybridized carbons (Fsp3) is 0.500. The van der Waals surface area contributed by atoms with Crippen molar-refractivity contribution in [3.63, 3.8) is 0 Å². The molecule has 0 fully saturated rings. The Morgan fingerprint density at radius 2 is 1.93 bits per heavy atom. The van der Waals surface area contributed by atoms with Crippen LogP contribution in [0.1, 0.15) is 31.7 Å². The fourth-order valence-electron chi connectivity index (χ4n) is 1.30. The van der Waals surface area contributed by atoms with Gasteiger partial charge in [0.15, 0.2) is 22.5 Å². The van der Waals surface area contributed by atoms with Gasteiger partial charge < -0.3 is 4.55 Å². The maximum atomic E-state index is 10.5. The number of pyridine rings is 1. The average Bonchev–Trinajstić information content (AvgIpc) is 2.15. The Hall–Kier alpha value is -0.940. The van der Waals surface area contributed by atoms with Gasteiger partial charge in [-0.15, -0.1) is 0 Å². The molecule has 0 N–H and O–H groups in total. The molecule has 1 aromatic heterocycles. The molecule has 1 rings (SSSR count). The first-order chi connectivity index (χ1) is 6.92. The Bertz CT molecular complexity index is 411. The summed E-state index contributed by atoms with van der Waals surface area (Å²) in [5.41, 5.74) is 1.15. The van der Waals surface area contributed by atoms with Crippen LogP contribution in [0.25, 0.3) is 0 Å². The molecule has 1 unspecified atom stereocenters. The Kier molecular flexibility index (Phi) is 3.82. The van der Waals surface area contributed by atoms with E-state index in [9.17, 15) is 13.0 Å². The van der Waals surface area contributed by atoms with Crippen molar-refractivity contribution in [2.75, 3.05) is 0 Å². The van der Waals surface area contributed by atoms with E-state index in [1.165, 1.54) is 4.57 Å². The lowest BCUT2D eigenvalue weighted by Gasteiger charge is -2.07. The highest BCUT2D eigenvalue weighted by Crippen LogP contribution is 2.16. The summed E-state index contributed by atoms with van der Waals surface area (Å²) in [7, 11) is -4.20. The summed E-state index contributed by atoms with van der Waals surface area (Å²) < 4.78 is 32.9. The number of nitrogens with zero attached hydrogens (tertiary/aromatic N) is 1. The van der Waals surface area contributed by atoms with Gasteiger partial charge in [0, 0.05) is 12.1 Å². The number of hydrogen-bond donors (Lipinski definition) is 0. The Morgan fingerprint density at radius 3 is 2.33 bits per heavy atom. The predicted octanol–water partition coefficient (Wildman–Crippen LogP) is 0.990. The maximum Gasteiger partial charge on any atom is 0.236 e. The van der Waals surface area contributed by atoms with Crippen LogP contribution in [0.15, 0.2) is 24.5 Å². The van der Waals surface area contributed by atoms with E-state index in [2.05, 4.69) is 13.8 Å². The Labute approximate surface area is 90.3 Å². The van der Waals surface area contributed by atoms with Gasteiger partial charge in [-0.2, -0.15) is 4.57 Å². The van der Waals surface area contributed by atoms with Gasteiger partial charge in [0.2, 0.25) is 5.88 Å². The Morgan fingerprint density at radius 1 is 1.40 bits per heavy atom. The number of hydrogen-bond acceptors (Lipinski definition) is 3. The lowest BCUT2D eigenvalue weighted by molar-refractivity contribution is -0.678. The summed E-state index contributed by atoms with van der Waals surface area (Å²) in [6, 6.07) is 3.69. The normalized spacial score (nSPS) is 13.8. The zero-order valence-electron chi connectivity index (χ0n) is 8.88. The molecule has 0 spiro atoms. The van der Waals surface area contributed by atoms with Gasteiger partial charge in [-0.1, -0.05) is 13.8 Å². The molecule has 1 aromatic rings. The molecule has 1 atom stereocenters. The lowest BCUT2D eigenvalue weighted by atomic mass is 10.0. The molecular weight excluding hydrogens is 214 g/mol. The predicted molar refractivity (Wildman–Crippen MR) is 55.0 cm³/mol. The highest BCUT2D eigenvalue weighted by atomic mass is 32.2. The van der Waals surface area contributed by atoms with Gasteiger partial charge in [-0.3, -0.25) is 0 Å². The second-order valence-electron chi connectivity index (χ2n) is 3.64. The molecule has 4 nitrogen and oxygen atoms in total. The molecule has 0 radical (unpaired) electrons. The largest absolute Gasteiger partial charge is 0.743 e. The minimum Gasteiger partial charge on any atom is -0.743 e. The van der Waals surface area contributed by atoms with Gasteiger partial charge in [0.05, 0.1) is 0 Å². The van der Waals surface area contributed by atoms with Crippen molar-refractivity contribution in [1.29, 1.82) is 0 Å². The quantitative estimate of drug-likeness (QED) is 0.571. The van der Waals surface area contributed by atoms with Crippen LogP contribution in [-0.4, -0.2) is 13.0 Å². The zero-order chi connectivity index (χ0) is 11.5. The number of aromatic nitrogens is 1. The molecular formula is C10H15NO3S. The van der Waals surface area contributed by atoms with Crippen molar-refractivity contribution in [2.45, 2.75) is 32.1 Å². The van der Waals surface area contributed by atoms with Crippen LogP contribution >= 0.6 is 0 Å². The van der Waals surface area contributed by atoms with Crippen molar-refractivity contribution < 1.29 is 17.5 Å². The highest BCUT2D eigenvalue weighted by molar-refractivity contribution is 7.84. The van der Waals surface area contributed by atoms with Crippen molar-refractivity contribution in [3.05, 3.63) is 30.1 Å². The molecule has 0 amide bonds. The minimum atomic E-state index is -4.20. The van der Waals surface area contributed by atoms with Crippen molar-refractivity contribution in [1.82, 2.24) is 0 Å². The maximum absolute atomic E-state index is 10.5. The summed E-state index contributed by atoms with van der Waals surface area (Å²) in [5.74, 6) is -0.0585. The monoisotopic (exact) mass is 229 g/mol. The van der Waals surface area contributed by atoms with Gasteiger partial charge in [-0.05, 0) is 17.9 Å². The third-order valence-electron chi connectivity index (χ3n) is 2.41. The third-order valence-corrected chi connectivity index (χ3v) is 3.02. The zero-order valence-corrected chi connectivity index (χ0v) is 9.70. The van der Waals surface area contributed by atoms with E-state index < -0.39 is 16.0 Å². The van der Waals surface area contributed by atoms with Gasteiger partial charge in [0.1, 0.15) is 0 Å². The van der Waals surface area contributed by atoms with Crippen LogP contribution in [0.5, 0.6) is 0 Å². The lowest BCUT2D eigenvalue weighted by Crippen LogP contribution is -2.37. The van der Waals surface area contributed by atoms with Crippen LogP contribution in [-0.2, 0) is 16.0 Å². The van der Waals surface area contributed by atoms with Crippen LogP contribution in [0.3, 0.4) is 0 Å². The highest BCUT2D eigenvalue weighted by Gasteiger charge is 2.08. The molecule has 0 aliphatic carbocycles. The first-order valence-corrected chi connectivity index (χ1v) is 6.42. The van der Waals surface area contributed by atoms with Gasteiger partial charge in [-0.25, -0.2) is 8.42 Å². The first kappa shape index (κ1) is 12.1.